The van der Waals surface area contributed by atoms with E-state index in [9.17, 15) is 4.79 Å². The Labute approximate surface area is 93.9 Å². The van der Waals surface area contributed by atoms with Crippen LogP contribution in [-0.2, 0) is 0 Å². The molecule has 0 spiro atoms. The fourth-order valence-corrected chi connectivity index (χ4v) is 1.36. The molecule has 0 heterocycles. The smallest absolute Gasteiger partial charge is 0.257 e. The molecule has 0 saturated carbocycles. The van der Waals surface area contributed by atoms with Gasteiger partial charge >= 0.3 is 0 Å². The molecule has 0 unspecified atom stereocenters. The summed E-state index contributed by atoms with van der Waals surface area (Å²) in [4.78, 5) is 11.8. The number of anilines is 2. The van der Waals surface area contributed by atoms with Crippen LogP contribution in [0.15, 0.2) is 48.5 Å². The third-order valence-electron chi connectivity index (χ3n) is 2.16. The summed E-state index contributed by atoms with van der Waals surface area (Å²) in [6, 6.07) is 17.1. The summed E-state index contributed by atoms with van der Waals surface area (Å²) in [5, 5.41) is 2.72. The molecule has 0 saturated heterocycles. The fourth-order valence-electron chi connectivity index (χ4n) is 1.36. The van der Waals surface area contributed by atoms with Crippen molar-refractivity contribution in [3.05, 3.63) is 60.2 Å². The highest BCUT2D eigenvalue weighted by Crippen LogP contribution is 2.13. The summed E-state index contributed by atoms with van der Waals surface area (Å²) in [5.41, 5.74) is 7.28. The summed E-state index contributed by atoms with van der Waals surface area (Å²) in [7, 11) is 0. The lowest BCUT2D eigenvalue weighted by Crippen LogP contribution is -2.13. The van der Waals surface area contributed by atoms with Gasteiger partial charge in [0, 0.05) is 17.4 Å². The molecule has 0 bridgehead atoms. The molecule has 2 rings (SSSR count). The number of carbonyl (C=O) groups is 1. The molecule has 3 heteroatoms. The van der Waals surface area contributed by atoms with Crippen molar-refractivity contribution in [3.8, 4) is 0 Å². The Morgan fingerprint density at radius 1 is 1.12 bits per heavy atom. The van der Waals surface area contributed by atoms with E-state index in [4.69, 9.17) is 5.73 Å². The van der Waals surface area contributed by atoms with Crippen molar-refractivity contribution < 1.29 is 4.79 Å². The van der Waals surface area contributed by atoms with Crippen molar-refractivity contribution in [1.29, 1.82) is 0 Å². The topological polar surface area (TPSA) is 55.1 Å². The van der Waals surface area contributed by atoms with Gasteiger partial charge in [-0.3, -0.25) is 4.79 Å². The van der Waals surface area contributed by atoms with Crippen LogP contribution in [-0.4, -0.2) is 5.91 Å². The van der Waals surface area contributed by atoms with Crippen LogP contribution in [0.2, 0.25) is 0 Å². The maximum absolute atomic E-state index is 11.8. The average Bonchev–Trinajstić information content (AvgIpc) is 2.31. The number of benzene rings is 2. The first kappa shape index (κ1) is 10.2. The van der Waals surface area contributed by atoms with Gasteiger partial charge in [-0.05, 0) is 18.2 Å². The molecule has 16 heavy (non-hydrogen) atoms. The zero-order valence-corrected chi connectivity index (χ0v) is 8.60. The molecule has 0 atom stereocenters. The van der Waals surface area contributed by atoms with E-state index in [1.807, 2.05) is 12.1 Å². The van der Waals surface area contributed by atoms with E-state index in [2.05, 4.69) is 11.4 Å². The van der Waals surface area contributed by atoms with Gasteiger partial charge in [0.2, 0.25) is 0 Å². The largest absolute Gasteiger partial charge is 0.398 e. The van der Waals surface area contributed by atoms with Gasteiger partial charge in [-0.2, -0.15) is 0 Å². The van der Waals surface area contributed by atoms with E-state index in [0.29, 0.717) is 16.9 Å². The number of nitrogen functional groups attached to an aromatic ring is 1. The Morgan fingerprint density at radius 2 is 1.88 bits per heavy atom. The molecular weight excluding hydrogens is 200 g/mol. The first-order chi connectivity index (χ1) is 7.77. The van der Waals surface area contributed by atoms with E-state index < -0.39 is 0 Å². The van der Waals surface area contributed by atoms with E-state index in [1.165, 1.54) is 0 Å². The normalized spacial score (nSPS) is 9.75. The van der Waals surface area contributed by atoms with E-state index in [1.54, 1.807) is 36.4 Å². The highest BCUT2D eigenvalue weighted by atomic mass is 16.1. The highest BCUT2D eigenvalue weighted by molar-refractivity contribution is 6.07. The fraction of sp³-hybridized carbons (Fsp3) is 0. The minimum Gasteiger partial charge on any atom is -0.398 e. The Balaban J connectivity index is 2.19. The van der Waals surface area contributed by atoms with Crippen molar-refractivity contribution in [3.63, 3.8) is 0 Å². The Hall–Kier alpha value is -2.29. The summed E-state index contributed by atoms with van der Waals surface area (Å²) >= 11 is 0. The van der Waals surface area contributed by atoms with E-state index in [0.717, 1.165) is 0 Å². The first-order valence-corrected chi connectivity index (χ1v) is 4.90. The lowest BCUT2D eigenvalue weighted by atomic mass is 10.1. The van der Waals surface area contributed by atoms with Crippen molar-refractivity contribution in [2.45, 2.75) is 0 Å². The van der Waals surface area contributed by atoms with Crippen LogP contribution in [0.5, 0.6) is 0 Å². The third kappa shape index (κ3) is 2.20. The zero-order chi connectivity index (χ0) is 11.4. The minimum absolute atomic E-state index is 0.222. The second-order valence-electron chi connectivity index (χ2n) is 3.32. The van der Waals surface area contributed by atoms with Gasteiger partial charge in [0.25, 0.3) is 5.91 Å². The van der Waals surface area contributed by atoms with Crippen molar-refractivity contribution in [2.75, 3.05) is 11.1 Å². The Bertz CT molecular complexity index is 494. The van der Waals surface area contributed by atoms with Crippen LogP contribution in [0.4, 0.5) is 11.4 Å². The molecular formula is C13H11N2O. The van der Waals surface area contributed by atoms with Crippen LogP contribution in [0.3, 0.4) is 0 Å². The van der Waals surface area contributed by atoms with Crippen LogP contribution in [0, 0.1) is 6.07 Å². The zero-order valence-electron chi connectivity index (χ0n) is 8.60. The standard InChI is InChI=1S/C13H11N2O/c14-12-9-5-4-8-11(12)13(16)15-10-6-2-1-3-7-10/h1-6,8-9H,14H2,(H,15,16). The second kappa shape index (κ2) is 4.49. The highest BCUT2D eigenvalue weighted by Gasteiger charge is 2.08. The minimum atomic E-state index is -0.222. The van der Waals surface area contributed by atoms with Gasteiger partial charge in [-0.15, -0.1) is 0 Å². The number of hydrogen-bond acceptors (Lipinski definition) is 2. The first-order valence-electron chi connectivity index (χ1n) is 4.90. The van der Waals surface area contributed by atoms with Crippen molar-refractivity contribution in [2.24, 2.45) is 0 Å². The maximum atomic E-state index is 11.8. The number of hydrogen-bond donors (Lipinski definition) is 2. The lowest BCUT2D eigenvalue weighted by molar-refractivity contribution is 0.102. The van der Waals surface area contributed by atoms with Crippen molar-refractivity contribution in [1.82, 2.24) is 0 Å². The Morgan fingerprint density at radius 3 is 2.56 bits per heavy atom. The van der Waals surface area contributed by atoms with Gasteiger partial charge in [-0.25, -0.2) is 0 Å². The molecule has 0 aliphatic rings. The predicted molar refractivity (Wildman–Crippen MR) is 64.1 cm³/mol. The van der Waals surface area contributed by atoms with Gasteiger partial charge in [-0.1, -0.05) is 30.3 Å². The van der Waals surface area contributed by atoms with Gasteiger partial charge < -0.3 is 11.1 Å². The van der Waals surface area contributed by atoms with Gasteiger partial charge in [0.1, 0.15) is 0 Å². The van der Waals surface area contributed by atoms with Crippen LogP contribution in [0.1, 0.15) is 10.4 Å². The number of rotatable bonds is 2. The summed E-state index contributed by atoms with van der Waals surface area (Å²) in [6.45, 7) is 0. The molecule has 0 aliphatic carbocycles. The molecule has 1 radical (unpaired) electrons. The molecule has 0 aliphatic heterocycles. The molecule has 2 aromatic carbocycles. The SMILES string of the molecule is Nc1ccccc1C(=O)Nc1[c]cccc1. The summed E-state index contributed by atoms with van der Waals surface area (Å²) in [5.74, 6) is -0.222. The summed E-state index contributed by atoms with van der Waals surface area (Å²) in [6.07, 6.45) is 0. The maximum Gasteiger partial charge on any atom is 0.257 e. The lowest BCUT2D eigenvalue weighted by Gasteiger charge is -2.06. The quantitative estimate of drug-likeness (QED) is 0.749. The molecule has 79 valence electrons. The number of para-hydroxylation sites is 2. The van der Waals surface area contributed by atoms with E-state index in [-0.39, 0.29) is 5.91 Å². The van der Waals surface area contributed by atoms with Crippen molar-refractivity contribution >= 4 is 17.3 Å². The monoisotopic (exact) mass is 211 g/mol. The second-order valence-corrected chi connectivity index (χ2v) is 3.32. The van der Waals surface area contributed by atoms with Gasteiger partial charge in [0.15, 0.2) is 0 Å². The number of nitrogens with one attached hydrogen (secondary N) is 1. The number of amides is 1. The third-order valence-corrected chi connectivity index (χ3v) is 2.16. The summed E-state index contributed by atoms with van der Waals surface area (Å²) < 4.78 is 0. The predicted octanol–water partition coefficient (Wildman–Crippen LogP) is 2.32. The molecule has 3 nitrogen and oxygen atoms in total. The number of carbonyl (C=O) groups excluding carboxylic acids is 1. The molecule has 0 fully saturated rings. The van der Waals surface area contributed by atoms with Gasteiger partial charge in [0.05, 0.1) is 5.56 Å². The molecule has 1 amide bonds. The molecule has 0 aromatic heterocycles. The number of nitrogens with two attached hydrogens (primary N) is 1. The van der Waals surface area contributed by atoms with Crippen LogP contribution < -0.4 is 11.1 Å². The Kier molecular flexibility index (Phi) is 2.87. The van der Waals surface area contributed by atoms with Crippen LogP contribution >= 0.6 is 0 Å². The molecule has 2 aromatic rings. The average molecular weight is 211 g/mol. The van der Waals surface area contributed by atoms with E-state index >= 15 is 0 Å². The molecule has 3 N–H and O–H groups in total. The van der Waals surface area contributed by atoms with Crippen LogP contribution in [0.25, 0.3) is 0 Å².